The highest BCUT2D eigenvalue weighted by molar-refractivity contribution is 5.81. The minimum atomic E-state index is -0.584. The maximum absolute atomic E-state index is 11.4. The van der Waals surface area contributed by atoms with Gasteiger partial charge < -0.3 is 18.9 Å². The number of esters is 2. The van der Waals surface area contributed by atoms with E-state index in [-0.39, 0.29) is 13.6 Å². The van der Waals surface area contributed by atoms with Crippen LogP contribution in [0.5, 0.6) is 0 Å². The molecule has 0 aromatic carbocycles. The summed E-state index contributed by atoms with van der Waals surface area (Å²) >= 11 is 0. The van der Waals surface area contributed by atoms with Crippen LogP contribution in [0.4, 0.5) is 0 Å². The zero-order valence-corrected chi connectivity index (χ0v) is 10.0. The van der Waals surface area contributed by atoms with Gasteiger partial charge in [0.05, 0.1) is 11.8 Å². The summed E-state index contributed by atoms with van der Waals surface area (Å²) in [6.45, 7) is 2.94. The fraction of sp³-hybridized carbons (Fsp3) is 0.800. The predicted octanol–water partition coefficient (Wildman–Crippen LogP) is 0.553. The zero-order valence-electron chi connectivity index (χ0n) is 10.0. The molecule has 0 aliphatic carbocycles. The van der Waals surface area contributed by atoms with E-state index in [2.05, 4.69) is 9.47 Å². The minimum Gasteiger partial charge on any atom is -0.438 e. The third kappa shape index (κ3) is 5.09. The van der Waals surface area contributed by atoms with Crippen LogP contribution >= 0.6 is 0 Å². The van der Waals surface area contributed by atoms with E-state index in [1.807, 2.05) is 0 Å². The van der Waals surface area contributed by atoms with Crippen LogP contribution in [0.3, 0.4) is 0 Å². The van der Waals surface area contributed by atoms with Crippen LogP contribution in [0, 0.1) is 11.8 Å². The van der Waals surface area contributed by atoms with Gasteiger partial charge in [0.25, 0.3) is 0 Å². The molecule has 0 bridgehead atoms. The Morgan fingerprint density at radius 1 is 0.875 bits per heavy atom. The summed E-state index contributed by atoms with van der Waals surface area (Å²) < 4.78 is 18.6. The number of rotatable bonds is 7. The molecule has 6 nitrogen and oxygen atoms in total. The molecule has 0 aromatic heterocycles. The second-order valence-electron chi connectivity index (χ2n) is 3.32. The predicted molar refractivity (Wildman–Crippen MR) is 54.3 cm³/mol. The van der Waals surface area contributed by atoms with Crippen molar-refractivity contribution in [3.05, 3.63) is 0 Å². The summed E-state index contributed by atoms with van der Waals surface area (Å²) in [4.78, 5) is 22.8. The Bertz CT molecular complexity index is 203. The SMILES string of the molecule is COCOC(=O)C(C)C(C)C(=O)OCOC. The molecule has 94 valence electrons. The van der Waals surface area contributed by atoms with Gasteiger partial charge in [-0.2, -0.15) is 0 Å². The molecule has 0 saturated carbocycles. The molecule has 0 amide bonds. The van der Waals surface area contributed by atoms with E-state index in [4.69, 9.17) is 9.47 Å². The van der Waals surface area contributed by atoms with Crippen molar-refractivity contribution in [2.24, 2.45) is 11.8 Å². The third-order valence-electron chi connectivity index (χ3n) is 2.13. The topological polar surface area (TPSA) is 71.1 Å². The highest BCUT2D eigenvalue weighted by Gasteiger charge is 2.28. The number of methoxy groups -OCH3 is 2. The largest absolute Gasteiger partial charge is 0.438 e. The molecular weight excluding hydrogens is 216 g/mol. The smallest absolute Gasteiger partial charge is 0.311 e. The van der Waals surface area contributed by atoms with E-state index in [1.165, 1.54) is 14.2 Å². The molecule has 0 spiro atoms. The van der Waals surface area contributed by atoms with Crippen molar-refractivity contribution in [3.8, 4) is 0 Å². The second-order valence-corrected chi connectivity index (χ2v) is 3.32. The van der Waals surface area contributed by atoms with E-state index in [0.29, 0.717) is 0 Å². The van der Waals surface area contributed by atoms with Gasteiger partial charge in [-0.05, 0) is 0 Å². The van der Waals surface area contributed by atoms with Gasteiger partial charge in [-0.3, -0.25) is 9.59 Å². The molecule has 0 rings (SSSR count). The van der Waals surface area contributed by atoms with Crippen molar-refractivity contribution >= 4 is 11.9 Å². The molecule has 0 aliphatic rings. The van der Waals surface area contributed by atoms with Gasteiger partial charge >= 0.3 is 11.9 Å². The molecule has 0 radical (unpaired) electrons. The molecule has 0 aromatic rings. The molecule has 6 heteroatoms. The van der Waals surface area contributed by atoms with Gasteiger partial charge in [0.1, 0.15) is 0 Å². The van der Waals surface area contributed by atoms with Crippen LogP contribution in [0.2, 0.25) is 0 Å². The first kappa shape index (κ1) is 14.9. The monoisotopic (exact) mass is 234 g/mol. The number of carbonyl (C=O) groups is 2. The quantitative estimate of drug-likeness (QED) is 0.473. The number of ether oxygens (including phenoxy) is 4. The minimum absolute atomic E-state index is 0.122. The molecule has 2 atom stereocenters. The van der Waals surface area contributed by atoms with Crippen molar-refractivity contribution in [1.82, 2.24) is 0 Å². The molecule has 0 saturated heterocycles. The molecule has 0 heterocycles. The molecule has 0 N–H and O–H groups in total. The first-order valence-corrected chi connectivity index (χ1v) is 4.85. The molecule has 0 fully saturated rings. The highest BCUT2D eigenvalue weighted by atomic mass is 16.7. The van der Waals surface area contributed by atoms with E-state index in [0.717, 1.165) is 0 Å². The number of hydrogen-bond acceptors (Lipinski definition) is 6. The second kappa shape index (κ2) is 8.06. The summed E-state index contributed by atoms with van der Waals surface area (Å²) in [7, 11) is 2.82. The average Bonchev–Trinajstić information content (AvgIpc) is 2.30. The van der Waals surface area contributed by atoms with Crippen molar-refractivity contribution < 1.29 is 28.5 Å². The fourth-order valence-corrected chi connectivity index (χ4v) is 0.905. The first-order valence-electron chi connectivity index (χ1n) is 4.85. The summed E-state index contributed by atoms with van der Waals surface area (Å²) in [6, 6.07) is 0. The molecule has 0 aliphatic heterocycles. The maximum Gasteiger partial charge on any atom is 0.311 e. The van der Waals surface area contributed by atoms with Gasteiger partial charge in [-0.25, -0.2) is 0 Å². The lowest BCUT2D eigenvalue weighted by Crippen LogP contribution is -2.29. The van der Waals surface area contributed by atoms with E-state index in [9.17, 15) is 9.59 Å². The maximum atomic E-state index is 11.4. The van der Waals surface area contributed by atoms with Crippen molar-refractivity contribution in [3.63, 3.8) is 0 Å². The van der Waals surface area contributed by atoms with Gasteiger partial charge in [-0.1, -0.05) is 13.8 Å². The van der Waals surface area contributed by atoms with Crippen LogP contribution < -0.4 is 0 Å². The summed E-state index contributed by atoms with van der Waals surface area (Å²) in [5.74, 6) is -2.16. The highest BCUT2D eigenvalue weighted by Crippen LogP contribution is 2.14. The molecule has 16 heavy (non-hydrogen) atoms. The van der Waals surface area contributed by atoms with Crippen LogP contribution in [0.25, 0.3) is 0 Å². The third-order valence-corrected chi connectivity index (χ3v) is 2.13. The summed E-state index contributed by atoms with van der Waals surface area (Å²) in [5.41, 5.74) is 0. The standard InChI is InChI=1S/C10H18O6/c1-7(9(11)15-5-13-3)8(2)10(12)16-6-14-4/h7-8H,5-6H2,1-4H3. The Balaban J connectivity index is 4.09. The number of hydrogen-bond donors (Lipinski definition) is 0. The average molecular weight is 234 g/mol. The fourth-order valence-electron chi connectivity index (χ4n) is 0.905. The van der Waals surface area contributed by atoms with Crippen molar-refractivity contribution in [2.75, 3.05) is 27.8 Å². The van der Waals surface area contributed by atoms with Crippen LogP contribution in [0.15, 0.2) is 0 Å². The summed E-state index contributed by atoms with van der Waals surface area (Å²) in [5, 5.41) is 0. The molecular formula is C10H18O6. The lowest BCUT2D eigenvalue weighted by atomic mass is 9.96. The van der Waals surface area contributed by atoms with Crippen molar-refractivity contribution in [1.29, 1.82) is 0 Å². The van der Waals surface area contributed by atoms with Crippen LogP contribution in [-0.4, -0.2) is 39.7 Å². The Morgan fingerprint density at radius 2 is 1.19 bits per heavy atom. The Hall–Kier alpha value is -1.14. The zero-order chi connectivity index (χ0) is 12.6. The lowest BCUT2D eigenvalue weighted by molar-refractivity contribution is -0.170. The molecule has 2 unspecified atom stereocenters. The first-order chi connectivity index (χ1) is 7.54. The van der Waals surface area contributed by atoms with Gasteiger partial charge in [0.2, 0.25) is 0 Å². The Kier molecular flexibility index (Phi) is 7.49. The Morgan fingerprint density at radius 3 is 1.44 bits per heavy atom. The van der Waals surface area contributed by atoms with E-state index < -0.39 is 23.8 Å². The Labute approximate surface area is 94.8 Å². The van der Waals surface area contributed by atoms with Gasteiger partial charge in [-0.15, -0.1) is 0 Å². The summed E-state index contributed by atoms with van der Waals surface area (Å²) in [6.07, 6.45) is 0. The van der Waals surface area contributed by atoms with Gasteiger partial charge in [0, 0.05) is 14.2 Å². The lowest BCUT2D eigenvalue weighted by Gasteiger charge is -2.16. The van der Waals surface area contributed by atoms with Crippen LogP contribution in [0.1, 0.15) is 13.8 Å². The van der Waals surface area contributed by atoms with Crippen molar-refractivity contribution in [2.45, 2.75) is 13.8 Å². The van der Waals surface area contributed by atoms with E-state index in [1.54, 1.807) is 13.8 Å². The van der Waals surface area contributed by atoms with Crippen LogP contribution in [-0.2, 0) is 28.5 Å². The number of carbonyl (C=O) groups excluding carboxylic acids is 2. The van der Waals surface area contributed by atoms with Gasteiger partial charge in [0.15, 0.2) is 13.6 Å². The van der Waals surface area contributed by atoms with E-state index >= 15 is 0 Å². The normalized spacial score (nSPS) is 14.0.